The Hall–Kier alpha value is -2.75. The number of hydrogen-bond acceptors (Lipinski definition) is 6. The molecule has 0 saturated carbocycles. The number of nitrogens with two attached hydrogens (primary N) is 2. The lowest BCUT2D eigenvalue weighted by Crippen LogP contribution is -2.17. The molecule has 0 saturated heterocycles. The van der Waals surface area contributed by atoms with Crippen LogP contribution >= 0.6 is 24.2 Å². The van der Waals surface area contributed by atoms with Gasteiger partial charge in [0.05, 0.1) is 17.3 Å². The van der Waals surface area contributed by atoms with Crippen molar-refractivity contribution in [2.45, 2.75) is 17.6 Å². The van der Waals surface area contributed by atoms with Gasteiger partial charge in [0.1, 0.15) is 11.6 Å². The van der Waals surface area contributed by atoms with E-state index >= 15 is 0 Å². The average molecular weight is 463 g/mol. The van der Waals surface area contributed by atoms with Gasteiger partial charge in [0.25, 0.3) is 0 Å². The molecule has 0 aliphatic heterocycles. The number of aromatic nitrogens is 4. The van der Waals surface area contributed by atoms with Crippen LogP contribution in [0.1, 0.15) is 17.3 Å². The molecule has 0 radical (unpaired) electrons. The second kappa shape index (κ2) is 9.17. The lowest BCUT2D eigenvalue weighted by molar-refractivity contribution is 0.575. The Labute approximate surface area is 188 Å². The Morgan fingerprint density at radius 2 is 1.84 bits per heavy atom. The Morgan fingerprint density at radius 3 is 2.52 bits per heavy atom. The topological polar surface area (TPSA) is 95.6 Å². The van der Waals surface area contributed by atoms with Crippen molar-refractivity contribution in [3.63, 3.8) is 0 Å². The van der Waals surface area contributed by atoms with E-state index in [4.69, 9.17) is 11.5 Å². The number of rotatable bonds is 5. The van der Waals surface area contributed by atoms with Crippen LogP contribution in [0.5, 0.6) is 0 Å². The van der Waals surface area contributed by atoms with E-state index in [0.29, 0.717) is 22.2 Å². The number of nitrogen functional groups attached to an aromatic ring is 1. The maximum absolute atomic E-state index is 13.6. The first-order valence-electron chi connectivity index (χ1n) is 9.20. The van der Waals surface area contributed by atoms with Crippen LogP contribution in [0.4, 0.5) is 14.6 Å². The van der Waals surface area contributed by atoms with E-state index in [2.05, 4.69) is 15.1 Å². The number of hydrogen-bond donors (Lipinski definition) is 2. The van der Waals surface area contributed by atoms with E-state index in [0.717, 1.165) is 28.1 Å². The van der Waals surface area contributed by atoms with Crippen LogP contribution in [0, 0.1) is 11.6 Å². The van der Waals surface area contributed by atoms with Gasteiger partial charge in [0, 0.05) is 35.8 Å². The zero-order valence-electron chi connectivity index (χ0n) is 16.8. The number of halogens is 3. The second-order valence-corrected chi connectivity index (χ2v) is 7.73. The summed E-state index contributed by atoms with van der Waals surface area (Å²) in [5.41, 5.74) is 16.0. The van der Waals surface area contributed by atoms with Crippen molar-refractivity contribution < 1.29 is 8.78 Å². The molecule has 4 aromatic rings. The van der Waals surface area contributed by atoms with Gasteiger partial charge < -0.3 is 11.5 Å². The fourth-order valence-electron chi connectivity index (χ4n) is 3.63. The molecule has 1 atom stereocenters. The first-order valence-corrected chi connectivity index (χ1v) is 10.4. The predicted molar refractivity (Wildman–Crippen MR) is 122 cm³/mol. The first kappa shape index (κ1) is 22.9. The summed E-state index contributed by atoms with van der Waals surface area (Å²) in [4.78, 5) is 9.04. The van der Waals surface area contributed by atoms with Crippen LogP contribution in [0.15, 0.2) is 47.8 Å². The summed E-state index contributed by atoms with van der Waals surface area (Å²) >= 11 is 1.39. The van der Waals surface area contributed by atoms with Crippen LogP contribution in [0.25, 0.3) is 22.0 Å². The van der Waals surface area contributed by atoms with E-state index in [-0.39, 0.29) is 18.8 Å². The minimum atomic E-state index is -0.639. The molecule has 2 heterocycles. The second-order valence-electron chi connectivity index (χ2n) is 6.95. The van der Waals surface area contributed by atoms with Gasteiger partial charge in [-0.25, -0.2) is 18.7 Å². The highest BCUT2D eigenvalue weighted by Gasteiger charge is 2.20. The summed E-state index contributed by atoms with van der Waals surface area (Å²) in [5, 5.41) is 5.68. The highest BCUT2D eigenvalue weighted by atomic mass is 35.5. The van der Waals surface area contributed by atoms with Gasteiger partial charge in [-0.2, -0.15) is 5.10 Å². The lowest BCUT2D eigenvalue weighted by Gasteiger charge is -2.17. The predicted octanol–water partition coefficient (Wildman–Crippen LogP) is 4.28. The van der Waals surface area contributed by atoms with E-state index in [1.807, 2.05) is 31.5 Å². The third kappa shape index (κ3) is 4.48. The fraction of sp³-hybridized carbons (Fsp3) is 0.190. The lowest BCUT2D eigenvalue weighted by atomic mass is 9.96. The van der Waals surface area contributed by atoms with Crippen molar-refractivity contribution in [1.82, 2.24) is 19.7 Å². The Bertz CT molecular complexity index is 1230. The Morgan fingerprint density at radius 1 is 1.13 bits per heavy atom. The number of nitrogens with zero attached hydrogens (tertiary/aromatic N) is 4. The summed E-state index contributed by atoms with van der Waals surface area (Å²) in [7, 11) is 1.81. The molecule has 4 rings (SSSR count). The average Bonchev–Trinajstić information content (AvgIpc) is 3.00. The number of para-hydroxylation sites is 1. The maximum atomic E-state index is 13.6. The molecule has 6 nitrogen and oxygen atoms in total. The van der Waals surface area contributed by atoms with Crippen LogP contribution in [0.3, 0.4) is 0 Å². The molecule has 0 bridgehead atoms. The summed E-state index contributed by atoms with van der Waals surface area (Å²) in [6, 6.07) is 8.51. The largest absolute Gasteiger partial charge is 0.382 e. The zero-order chi connectivity index (χ0) is 21.4. The number of anilines is 1. The minimum Gasteiger partial charge on any atom is -0.382 e. The molecule has 0 aliphatic rings. The molecule has 0 spiro atoms. The van der Waals surface area contributed by atoms with Crippen molar-refractivity contribution in [2.75, 3.05) is 12.0 Å². The quantitative estimate of drug-likeness (QED) is 0.339. The third-order valence-electron chi connectivity index (χ3n) is 4.89. The van der Waals surface area contributed by atoms with Gasteiger partial charge in [0.2, 0.25) is 0 Å². The highest BCUT2D eigenvalue weighted by Crippen LogP contribution is 2.35. The van der Waals surface area contributed by atoms with Gasteiger partial charge in [-0.05, 0) is 36.4 Å². The van der Waals surface area contributed by atoms with E-state index in [1.54, 1.807) is 10.9 Å². The van der Waals surface area contributed by atoms with Crippen LogP contribution in [-0.2, 0) is 13.5 Å². The molecular weight excluding hydrogens is 442 g/mol. The fourth-order valence-corrected chi connectivity index (χ4v) is 3.98. The number of thioether (sulfide) groups is 1. The van der Waals surface area contributed by atoms with Gasteiger partial charge in [-0.1, -0.05) is 23.9 Å². The normalized spacial score (nSPS) is 12.0. The number of aryl methyl sites for hydroxylation is 1. The number of fused-ring (bicyclic) bond motifs is 1. The van der Waals surface area contributed by atoms with E-state index in [1.165, 1.54) is 23.9 Å². The van der Waals surface area contributed by atoms with Crippen LogP contribution in [-0.4, -0.2) is 26.0 Å². The molecule has 0 aliphatic carbocycles. The molecule has 2 aromatic carbocycles. The molecule has 162 valence electrons. The SMILES string of the molecule is CSc1ncc(-c2cccc3c(N)nn(C)c23)c([C@@H](N)Cc2cc(F)cc(F)c2)n1.Cl. The van der Waals surface area contributed by atoms with Crippen molar-refractivity contribution in [1.29, 1.82) is 0 Å². The smallest absolute Gasteiger partial charge is 0.187 e. The Balaban J connectivity index is 0.00000272. The van der Waals surface area contributed by atoms with Crippen molar-refractivity contribution in [2.24, 2.45) is 12.8 Å². The molecule has 0 fully saturated rings. The molecule has 4 N–H and O–H groups in total. The summed E-state index contributed by atoms with van der Waals surface area (Å²) in [5.74, 6) is -0.850. The first-order chi connectivity index (χ1) is 14.4. The zero-order valence-corrected chi connectivity index (χ0v) is 18.5. The highest BCUT2D eigenvalue weighted by molar-refractivity contribution is 7.98. The summed E-state index contributed by atoms with van der Waals surface area (Å²) in [6.45, 7) is 0. The van der Waals surface area contributed by atoms with E-state index in [9.17, 15) is 8.78 Å². The standard InChI is InChI=1S/C21H20F2N6S.ClH/c1-29-19-14(4-3-5-15(19)20(25)28-29)16-10-26-21(30-2)27-18(16)17(24)8-11-6-12(22)9-13(23)7-11;/h3-7,9-10,17H,8,24H2,1-2H3,(H2,25,28);1H/t17-;/m0./s1. The van der Waals surface area contributed by atoms with Gasteiger partial charge in [-0.15, -0.1) is 12.4 Å². The molecule has 0 amide bonds. The monoisotopic (exact) mass is 462 g/mol. The third-order valence-corrected chi connectivity index (χ3v) is 5.45. The Kier molecular flexibility index (Phi) is 6.78. The summed E-state index contributed by atoms with van der Waals surface area (Å²) < 4.78 is 29.0. The van der Waals surface area contributed by atoms with Crippen LogP contribution < -0.4 is 11.5 Å². The molecule has 2 aromatic heterocycles. The van der Waals surface area contributed by atoms with Gasteiger partial charge >= 0.3 is 0 Å². The molecule has 0 unspecified atom stereocenters. The maximum Gasteiger partial charge on any atom is 0.187 e. The van der Waals surface area contributed by atoms with Gasteiger partial charge in [0.15, 0.2) is 11.0 Å². The minimum absolute atomic E-state index is 0. The molecule has 31 heavy (non-hydrogen) atoms. The molecular formula is C21H21ClF2N6S. The van der Waals surface area contributed by atoms with E-state index < -0.39 is 17.7 Å². The van der Waals surface area contributed by atoms with Crippen molar-refractivity contribution in [3.8, 4) is 11.1 Å². The summed E-state index contributed by atoms with van der Waals surface area (Å²) in [6.07, 6.45) is 3.81. The number of benzene rings is 2. The van der Waals surface area contributed by atoms with Crippen LogP contribution in [0.2, 0.25) is 0 Å². The van der Waals surface area contributed by atoms with Crippen molar-refractivity contribution in [3.05, 3.63) is 65.5 Å². The molecule has 10 heteroatoms. The van der Waals surface area contributed by atoms with Crippen molar-refractivity contribution >= 4 is 40.9 Å². The van der Waals surface area contributed by atoms with Gasteiger partial charge in [-0.3, -0.25) is 4.68 Å².